The number of hydrogen-bond acceptors (Lipinski definition) is 2. The van der Waals surface area contributed by atoms with Gasteiger partial charge in [0.1, 0.15) is 5.75 Å². The third kappa shape index (κ3) is 3.69. The van der Waals surface area contributed by atoms with E-state index in [0.717, 1.165) is 11.3 Å². The molecule has 11 heavy (non-hydrogen) atoms. The Morgan fingerprint density at radius 3 is 2.27 bits per heavy atom. The van der Waals surface area contributed by atoms with E-state index in [1.54, 1.807) is 7.11 Å². The van der Waals surface area contributed by atoms with E-state index in [1.165, 1.54) is 0 Å². The van der Waals surface area contributed by atoms with Crippen molar-refractivity contribution in [2.75, 3.05) is 7.11 Å². The first-order chi connectivity index (χ1) is 4.86. The van der Waals surface area contributed by atoms with Crippen LogP contribution in [0.5, 0.6) is 5.75 Å². The van der Waals surface area contributed by atoms with Crippen LogP contribution < -0.4 is 56.1 Å². The van der Waals surface area contributed by atoms with Crippen molar-refractivity contribution in [1.29, 1.82) is 0 Å². The topological polar surface area (TPSA) is 29.5 Å². The average Bonchev–Trinajstić information content (AvgIpc) is 2.05. The molecule has 0 aliphatic carbocycles. The fourth-order valence-electron chi connectivity index (χ4n) is 0.731. The number of benzene rings is 1. The van der Waals surface area contributed by atoms with Crippen molar-refractivity contribution in [2.24, 2.45) is 0 Å². The Morgan fingerprint density at radius 1 is 1.36 bits per heavy atom. The summed E-state index contributed by atoms with van der Waals surface area (Å²) < 4.78 is 4.93. The first-order valence-corrected chi connectivity index (χ1v) is 3.10. The van der Waals surface area contributed by atoms with Gasteiger partial charge in [-0.3, -0.25) is 0 Å². The van der Waals surface area contributed by atoms with Crippen molar-refractivity contribution in [1.82, 2.24) is 0 Å². The van der Waals surface area contributed by atoms with Crippen molar-refractivity contribution in [3.05, 3.63) is 29.8 Å². The summed E-state index contributed by atoms with van der Waals surface area (Å²) in [7, 11) is 1.62. The third-order valence-corrected chi connectivity index (χ3v) is 1.34. The smallest absolute Gasteiger partial charge is 1.00 e. The van der Waals surface area contributed by atoms with E-state index >= 15 is 0 Å². The van der Waals surface area contributed by atoms with Crippen LogP contribution in [0.1, 0.15) is 6.99 Å². The first-order valence-electron chi connectivity index (χ1n) is 3.10. The molecule has 0 amide bonds. The molecule has 1 aromatic rings. The second-order valence-electron chi connectivity index (χ2n) is 2.01. The van der Waals surface area contributed by atoms with Crippen LogP contribution in [0.15, 0.2) is 24.3 Å². The molecule has 0 saturated carbocycles. The van der Waals surface area contributed by atoms with Crippen LogP contribution in [-0.2, 0) is 6.61 Å². The van der Waals surface area contributed by atoms with Crippen LogP contribution in [-0.4, -0.2) is 12.2 Å². The van der Waals surface area contributed by atoms with Crippen molar-refractivity contribution >= 4 is 0 Å². The number of hydrogen-bond donors (Lipinski definition) is 1. The quantitative estimate of drug-likeness (QED) is 0.547. The summed E-state index contributed by atoms with van der Waals surface area (Å²) >= 11 is 0. The standard InChI is InChI=1S/C8H10O2.K.H/c1-10-8-4-2-7(6-9)3-5-8;;/h2-5,9H,6H2,1H3;;/q;+1;-1. The number of aliphatic hydroxyl groups excluding tert-OH is 1. The molecular weight excluding hydrogens is 167 g/mol. The fourth-order valence-corrected chi connectivity index (χ4v) is 0.731. The SMILES string of the molecule is COc1ccc(CO)cc1.[H-].[K+]. The first kappa shape index (κ1) is 11.6. The van der Waals surface area contributed by atoms with Gasteiger partial charge in [-0.15, -0.1) is 0 Å². The Hall–Kier alpha value is 0.616. The van der Waals surface area contributed by atoms with Gasteiger partial charge in [-0.25, -0.2) is 0 Å². The van der Waals surface area contributed by atoms with Gasteiger partial charge in [-0.05, 0) is 17.7 Å². The molecule has 0 radical (unpaired) electrons. The van der Waals surface area contributed by atoms with Gasteiger partial charge in [0.2, 0.25) is 0 Å². The van der Waals surface area contributed by atoms with Gasteiger partial charge in [0.05, 0.1) is 13.7 Å². The molecule has 0 aliphatic heterocycles. The predicted octanol–water partition coefficient (Wildman–Crippen LogP) is -1.70. The van der Waals surface area contributed by atoms with E-state index in [1.807, 2.05) is 24.3 Å². The van der Waals surface area contributed by atoms with E-state index < -0.39 is 0 Å². The molecule has 0 atom stereocenters. The molecule has 0 spiro atoms. The summed E-state index contributed by atoms with van der Waals surface area (Å²) in [4.78, 5) is 0. The zero-order valence-electron chi connectivity index (χ0n) is 7.87. The maximum atomic E-state index is 8.66. The second-order valence-corrected chi connectivity index (χ2v) is 2.01. The molecule has 1 N–H and O–H groups in total. The zero-order chi connectivity index (χ0) is 7.40. The van der Waals surface area contributed by atoms with Gasteiger partial charge in [0.25, 0.3) is 0 Å². The average molecular weight is 178 g/mol. The molecule has 0 unspecified atom stereocenters. The molecule has 0 saturated heterocycles. The fraction of sp³-hybridized carbons (Fsp3) is 0.250. The van der Waals surface area contributed by atoms with Gasteiger partial charge in [-0.1, -0.05) is 12.1 Å². The monoisotopic (exact) mass is 178 g/mol. The largest absolute Gasteiger partial charge is 1.00 e. The number of rotatable bonds is 2. The Kier molecular flexibility index (Phi) is 6.51. The van der Waals surface area contributed by atoms with E-state index in [9.17, 15) is 0 Å². The van der Waals surface area contributed by atoms with E-state index in [0.29, 0.717) is 0 Å². The zero-order valence-corrected chi connectivity index (χ0v) is 10.00. The molecule has 0 aromatic heterocycles. The predicted molar refractivity (Wildman–Crippen MR) is 40.0 cm³/mol. The molecule has 3 heteroatoms. The second kappa shape index (κ2) is 6.17. The number of aliphatic hydroxyl groups is 1. The van der Waals surface area contributed by atoms with E-state index in [2.05, 4.69) is 0 Å². The van der Waals surface area contributed by atoms with Crippen molar-refractivity contribution in [2.45, 2.75) is 6.61 Å². The molecule has 0 bridgehead atoms. The molecule has 0 aliphatic rings. The molecule has 0 fully saturated rings. The summed E-state index contributed by atoms with van der Waals surface area (Å²) in [5.74, 6) is 0.817. The summed E-state index contributed by atoms with van der Waals surface area (Å²) in [6, 6.07) is 7.31. The van der Waals surface area contributed by atoms with Crippen molar-refractivity contribution in [3.63, 3.8) is 0 Å². The minimum absolute atomic E-state index is 0. The molecule has 0 heterocycles. The Bertz CT molecular complexity index is 178. The normalized spacial score (nSPS) is 8.55. The van der Waals surface area contributed by atoms with Crippen LogP contribution >= 0.6 is 0 Å². The maximum Gasteiger partial charge on any atom is 1.00 e. The van der Waals surface area contributed by atoms with Crippen LogP contribution in [0.25, 0.3) is 0 Å². The summed E-state index contributed by atoms with van der Waals surface area (Å²) in [6.45, 7) is 0.0873. The molecule has 1 rings (SSSR count). The summed E-state index contributed by atoms with van der Waals surface area (Å²) in [5, 5.41) is 8.66. The minimum Gasteiger partial charge on any atom is -1.00 e. The van der Waals surface area contributed by atoms with Crippen molar-refractivity contribution in [3.8, 4) is 5.75 Å². The summed E-state index contributed by atoms with van der Waals surface area (Å²) in [6.07, 6.45) is 0. The molecule has 1 aromatic carbocycles. The van der Waals surface area contributed by atoms with Crippen molar-refractivity contribution < 1.29 is 62.7 Å². The van der Waals surface area contributed by atoms with E-state index in [-0.39, 0.29) is 59.4 Å². The van der Waals surface area contributed by atoms with Gasteiger partial charge in [0, 0.05) is 0 Å². The van der Waals surface area contributed by atoms with Gasteiger partial charge >= 0.3 is 51.4 Å². The van der Waals surface area contributed by atoms with Crippen LogP contribution in [0.3, 0.4) is 0 Å². The van der Waals surface area contributed by atoms with Crippen LogP contribution in [0.4, 0.5) is 0 Å². The van der Waals surface area contributed by atoms with Crippen LogP contribution in [0.2, 0.25) is 0 Å². The summed E-state index contributed by atoms with van der Waals surface area (Å²) in [5.41, 5.74) is 0.904. The van der Waals surface area contributed by atoms with Gasteiger partial charge in [-0.2, -0.15) is 0 Å². The van der Waals surface area contributed by atoms with Gasteiger partial charge in [0.15, 0.2) is 0 Å². The third-order valence-electron chi connectivity index (χ3n) is 1.34. The van der Waals surface area contributed by atoms with Gasteiger partial charge < -0.3 is 11.3 Å². The number of methoxy groups -OCH3 is 1. The minimum atomic E-state index is 0. The number of ether oxygens (including phenoxy) is 1. The Balaban J connectivity index is 0. The Morgan fingerprint density at radius 2 is 1.91 bits per heavy atom. The molecular formula is C8H11KO2. The molecule has 2 nitrogen and oxygen atoms in total. The van der Waals surface area contributed by atoms with E-state index in [4.69, 9.17) is 9.84 Å². The molecule has 56 valence electrons. The Labute approximate surface area is 110 Å². The van der Waals surface area contributed by atoms with Crippen LogP contribution in [0, 0.1) is 0 Å². The maximum absolute atomic E-state index is 8.66.